The van der Waals surface area contributed by atoms with Crippen molar-refractivity contribution < 1.29 is 17.9 Å². The second-order valence-electron chi connectivity index (χ2n) is 5.95. The smallest absolute Gasteiger partial charge is 0.209 e. The lowest BCUT2D eigenvalue weighted by Crippen LogP contribution is -2.42. The number of ether oxygens (including phenoxy) is 2. The van der Waals surface area contributed by atoms with Gasteiger partial charge in [-0.15, -0.1) is 0 Å². The Morgan fingerprint density at radius 2 is 1.90 bits per heavy atom. The average molecular weight is 313 g/mol. The summed E-state index contributed by atoms with van der Waals surface area (Å²) < 4.78 is 34.2. The van der Waals surface area contributed by atoms with E-state index in [2.05, 4.69) is 0 Å². The molecule has 0 bridgehead atoms. The molecule has 1 aliphatic heterocycles. The Hall–Kier alpha value is -1.11. The first-order valence-corrected chi connectivity index (χ1v) is 8.80. The molecule has 0 unspecified atom stereocenters. The summed E-state index contributed by atoms with van der Waals surface area (Å²) in [6, 6.07) is 5.88. The summed E-state index contributed by atoms with van der Waals surface area (Å²) in [5.41, 5.74) is 1.90. The molecular weight excluding hydrogens is 290 g/mol. The van der Waals surface area contributed by atoms with Gasteiger partial charge >= 0.3 is 0 Å². The second-order valence-corrected chi connectivity index (χ2v) is 7.57. The minimum absolute atomic E-state index is 0.0613. The summed E-state index contributed by atoms with van der Waals surface area (Å²) in [5.74, 6) is 0.701. The number of aryl methyl sites for hydroxylation is 2. The van der Waals surface area contributed by atoms with E-state index in [1.54, 1.807) is 0 Å². The van der Waals surface area contributed by atoms with Crippen LogP contribution < -0.4 is 9.88 Å². The fraction of sp³-hybridized carbons (Fsp3) is 0.600. The molecule has 118 valence electrons. The van der Waals surface area contributed by atoms with Crippen molar-refractivity contribution in [2.45, 2.75) is 26.7 Å². The molecule has 0 saturated carbocycles. The van der Waals surface area contributed by atoms with Crippen LogP contribution in [-0.2, 0) is 14.8 Å². The van der Waals surface area contributed by atoms with E-state index in [0.29, 0.717) is 32.7 Å². The first-order valence-electron chi connectivity index (χ1n) is 7.08. The van der Waals surface area contributed by atoms with Crippen LogP contribution in [0.4, 0.5) is 0 Å². The third-order valence-corrected chi connectivity index (χ3v) is 5.10. The van der Waals surface area contributed by atoms with E-state index in [9.17, 15) is 8.42 Å². The van der Waals surface area contributed by atoms with Crippen LogP contribution in [0.2, 0.25) is 0 Å². The number of benzene rings is 1. The van der Waals surface area contributed by atoms with Gasteiger partial charge in [-0.2, -0.15) is 0 Å². The van der Waals surface area contributed by atoms with Crippen molar-refractivity contribution in [3.63, 3.8) is 0 Å². The summed E-state index contributed by atoms with van der Waals surface area (Å²) in [7, 11) is -3.54. The first kappa shape index (κ1) is 16.3. The molecule has 0 spiro atoms. The molecule has 6 heteroatoms. The molecule has 0 amide bonds. The lowest BCUT2D eigenvalue weighted by Gasteiger charge is -2.36. The minimum Gasteiger partial charge on any atom is -0.493 e. The highest BCUT2D eigenvalue weighted by Gasteiger charge is 2.37. The average Bonchev–Trinajstić information content (AvgIpc) is 2.39. The molecule has 1 aliphatic rings. The van der Waals surface area contributed by atoms with E-state index in [1.165, 1.54) is 5.56 Å². The van der Waals surface area contributed by atoms with Gasteiger partial charge in [0, 0.05) is 18.6 Å². The van der Waals surface area contributed by atoms with Gasteiger partial charge in [0.15, 0.2) is 0 Å². The largest absolute Gasteiger partial charge is 0.493 e. The van der Waals surface area contributed by atoms with Crippen LogP contribution in [0.3, 0.4) is 0 Å². The fourth-order valence-corrected chi connectivity index (χ4v) is 3.83. The van der Waals surface area contributed by atoms with Gasteiger partial charge in [-0.05, 0) is 49.9 Å². The van der Waals surface area contributed by atoms with E-state index in [1.807, 2.05) is 32.0 Å². The summed E-state index contributed by atoms with van der Waals surface area (Å²) in [4.78, 5) is 0. The van der Waals surface area contributed by atoms with Crippen molar-refractivity contribution in [2.75, 3.05) is 25.6 Å². The number of rotatable bonds is 5. The van der Waals surface area contributed by atoms with Crippen LogP contribution in [0.5, 0.6) is 5.75 Å². The summed E-state index contributed by atoms with van der Waals surface area (Å²) in [6.07, 6.45) is 1.29. The van der Waals surface area contributed by atoms with Gasteiger partial charge in [-0.1, -0.05) is 6.07 Å². The zero-order valence-corrected chi connectivity index (χ0v) is 13.4. The predicted octanol–water partition coefficient (Wildman–Crippen LogP) is 1.77. The van der Waals surface area contributed by atoms with Crippen LogP contribution in [-0.4, -0.2) is 34.0 Å². The van der Waals surface area contributed by atoms with Gasteiger partial charge < -0.3 is 9.47 Å². The van der Waals surface area contributed by atoms with Gasteiger partial charge in [-0.25, -0.2) is 13.6 Å². The van der Waals surface area contributed by atoms with Crippen molar-refractivity contribution in [3.05, 3.63) is 29.3 Å². The summed E-state index contributed by atoms with van der Waals surface area (Å²) >= 11 is 0. The molecule has 0 aromatic heterocycles. The number of hydrogen-bond acceptors (Lipinski definition) is 4. The maximum Gasteiger partial charge on any atom is 0.209 e. The van der Waals surface area contributed by atoms with Crippen molar-refractivity contribution in [3.8, 4) is 5.75 Å². The SMILES string of the molecule is Cc1ccc(OCC2(CS(N)(=O)=O)CCOCC2)cc1C. The monoisotopic (exact) mass is 313 g/mol. The molecule has 2 N–H and O–H groups in total. The van der Waals surface area contributed by atoms with E-state index in [4.69, 9.17) is 14.6 Å². The van der Waals surface area contributed by atoms with Crippen LogP contribution in [0.1, 0.15) is 24.0 Å². The molecule has 1 saturated heterocycles. The van der Waals surface area contributed by atoms with E-state index < -0.39 is 15.4 Å². The Balaban J connectivity index is 2.10. The van der Waals surface area contributed by atoms with Crippen molar-refractivity contribution in [1.82, 2.24) is 0 Å². The van der Waals surface area contributed by atoms with Gasteiger partial charge in [0.25, 0.3) is 0 Å². The molecule has 0 aliphatic carbocycles. The van der Waals surface area contributed by atoms with Crippen LogP contribution in [0.25, 0.3) is 0 Å². The Kier molecular flexibility index (Phi) is 4.91. The first-order chi connectivity index (χ1) is 9.80. The Morgan fingerprint density at radius 3 is 2.48 bits per heavy atom. The number of primary sulfonamides is 1. The maximum atomic E-state index is 11.5. The maximum absolute atomic E-state index is 11.5. The number of hydrogen-bond donors (Lipinski definition) is 1. The fourth-order valence-electron chi connectivity index (χ4n) is 2.60. The van der Waals surface area contributed by atoms with E-state index >= 15 is 0 Å². The molecule has 5 nitrogen and oxygen atoms in total. The van der Waals surface area contributed by atoms with Gasteiger partial charge in [0.2, 0.25) is 10.0 Å². The molecule has 21 heavy (non-hydrogen) atoms. The lowest BCUT2D eigenvalue weighted by atomic mass is 9.83. The Labute approximate surface area is 126 Å². The number of sulfonamides is 1. The predicted molar refractivity (Wildman–Crippen MR) is 81.9 cm³/mol. The van der Waals surface area contributed by atoms with Crippen LogP contribution in [0, 0.1) is 19.3 Å². The van der Waals surface area contributed by atoms with Gasteiger partial charge in [0.05, 0.1) is 12.4 Å². The van der Waals surface area contributed by atoms with Crippen molar-refractivity contribution >= 4 is 10.0 Å². The molecule has 0 radical (unpaired) electrons. The highest BCUT2D eigenvalue weighted by molar-refractivity contribution is 7.89. The topological polar surface area (TPSA) is 78.6 Å². The molecule has 1 fully saturated rings. The van der Waals surface area contributed by atoms with Crippen molar-refractivity contribution in [1.29, 1.82) is 0 Å². The third kappa shape index (κ3) is 4.69. The zero-order chi connectivity index (χ0) is 15.5. The summed E-state index contributed by atoms with van der Waals surface area (Å²) in [5, 5.41) is 5.24. The standard InChI is InChI=1S/C15H23NO4S/c1-12-3-4-14(9-13(12)2)20-10-15(11-21(16,17)18)5-7-19-8-6-15/h3-4,9H,5-8,10-11H2,1-2H3,(H2,16,17,18). The highest BCUT2D eigenvalue weighted by atomic mass is 32.2. The van der Waals surface area contributed by atoms with Gasteiger partial charge in [-0.3, -0.25) is 0 Å². The third-order valence-electron chi connectivity index (χ3n) is 4.08. The quantitative estimate of drug-likeness (QED) is 0.898. The van der Waals surface area contributed by atoms with E-state index in [0.717, 1.165) is 11.3 Å². The summed E-state index contributed by atoms with van der Waals surface area (Å²) in [6.45, 7) is 5.50. The molecule has 1 heterocycles. The zero-order valence-electron chi connectivity index (χ0n) is 12.6. The normalized spacial score (nSPS) is 18.4. The minimum atomic E-state index is -3.54. The lowest BCUT2D eigenvalue weighted by molar-refractivity contribution is 0.00208. The van der Waals surface area contributed by atoms with Crippen LogP contribution >= 0.6 is 0 Å². The van der Waals surface area contributed by atoms with Gasteiger partial charge in [0.1, 0.15) is 5.75 Å². The highest BCUT2D eigenvalue weighted by Crippen LogP contribution is 2.33. The Morgan fingerprint density at radius 1 is 1.24 bits per heavy atom. The van der Waals surface area contributed by atoms with Crippen LogP contribution in [0.15, 0.2) is 18.2 Å². The second kappa shape index (κ2) is 6.34. The van der Waals surface area contributed by atoms with Crippen molar-refractivity contribution in [2.24, 2.45) is 10.6 Å². The molecular formula is C15H23NO4S. The number of nitrogens with two attached hydrogens (primary N) is 1. The Bertz CT molecular complexity index is 592. The van der Waals surface area contributed by atoms with E-state index in [-0.39, 0.29) is 5.75 Å². The molecule has 1 aromatic rings. The molecule has 0 atom stereocenters. The molecule has 1 aromatic carbocycles. The molecule has 2 rings (SSSR count).